The van der Waals surface area contributed by atoms with E-state index in [4.69, 9.17) is 4.42 Å². The van der Waals surface area contributed by atoms with Gasteiger partial charge < -0.3 is 9.73 Å². The molecule has 0 aliphatic rings. The number of carbonyl (C=O) groups is 1. The van der Waals surface area contributed by atoms with Crippen LogP contribution in [0.3, 0.4) is 0 Å². The van der Waals surface area contributed by atoms with E-state index in [9.17, 15) is 9.18 Å². The lowest BCUT2D eigenvalue weighted by Crippen LogP contribution is -2.26. The van der Waals surface area contributed by atoms with E-state index in [1.54, 1.807) is 17.8 Å². The average Bonchev–Trinajstić information content (AvgIpc) is 3.09. The molecule has 1 heterocycles. The number of rotatable bonds is 7. The molecule has 1 amide bonds. The van der Waals surface area contributed by atoms with Gasteiger partial charge in [-0.3, -0.25) is 4.79 Å². The second-order valence-electron chi connectivity index (χ2n) is 5.51. The number of furan rings is 1. The zero-order valence-electron chi connectivity index (χ0n) is 13.6. The monoisotopic (exact) mass is 355 g/mol. The third-order valence-corrected chi connectivity index (χ3v) is 4.74. The predicted octanol–water partition coefficient (Wildman–Crippen LogP) is 4.68. The molecule has 128 valence electrons. The molecule has 5 heteroatoms. The van der Waals surface area contributed by atoms with Crippen LogP contribution in [0.25, 0.3) is 0 Å². The first-order valence-electron chi connectivity index (χ1n) is 7.99. The summed E-state index contributed by atoms with van der Waals surface area (Å²) in [5.41, 5.74) is 1.71. The predicted molar refractivity (Wildman–Crippen MR) is 97.1 cm³/mol. The Kier molecular flexibility index (Phi) is 5.90. The minimum Gasteiger partial charge on any atom is -0.459 e. The maximum Gasteiger partial charge on any atom is 0.287 e. The molecule has 0 fully saturated rings. The molecular formula is C20H18FNO2S. The van der Waals surface area contributed by atoms with E-state index >= 15 is 0 Å². The summed E-state index contributed by atoms with van der Waals surface area (Å²) in [6.45, 7) is 0.425. The average molecular weight is 355 g/mol. The van der Waals surface area contributed by atoms with E-state index in [-0.39, 0.29) is 11.7 Å². The van der Waals surface area contributed by atoms with E-state index in [1.807, 2.05) is 42.5 Å². The summed E-state index contributed by atoms with van der Waals surface area (Å²) >= 11 is 1.65. The van der Waals surface area contributed by atoms with Crippen LogP contribution in [-0.4, -0.2) is 12.5 Å². The van der Waals surface area contributed by atoms with Crippen LogP contribution >= 0.6 is 11.8 Å². The first-order chi connectivity index (χ1) is 12.2. The Bertz CT molecular complexity index is 832. The molecule has 1 N–H and O–H groups in total. The lowest BCUT2D eigenvalue weighted by atomic mass is 10.1. The van der Waals surface area contributed by atoms with Crippen molar-refractivity contribution >= 4 is 17.7 Å². The van der Waals surface area contributed by atoms with Crippen molar-refractivity contribution < 1.29 is 13.6 Å². The number of amides is 1. The molecule has 3 rings (SSSR count). The highest BCUT2D eigenvalue weighted by atomic mass is 32.2. The van der Waals surface area contributed by atoms with Crippen molar-refractivity contribution in [1.29, 1.82) is 0 Å². The zero-order chi connectivity index (χ0) is 17.5. The van der Waals surface area contributed by atoms with Gasteiger partial charge in [0.1, 0.15) is 5.82 Å². The van der Waals surface area contributed by atoms with Gasteiger partial charge in [-0.2, -0.15) is 0 Å². The summed E-state index contributed by atoms with van der Waals surface area (Å²) in [7, 11) is 0. The van der Waals surface area contributed by atoms with Gasteiger partial charge in [0.15, 0.2) is 5.76 Å². The van der Waals surface area contributed by atoms with E-state index in [0.717, 1.165) is 16.0 Å². The molecule has 0 aliphatic heterocycles. The van der Waals surface area contributed by atoms with Crippen LogP contribution in [0.1, 0.15) is 21.7 Å². The van der Waals surface area contributed by atoms with Crippen LogP contribution in [0.15, 0.2) is 76.2 Å². The number of carbonyl (C=O) groups excluding carboxylic acids is 1. The van der Waals surface area contributed by atoms with Crippen molar-refractivity contribution in [3.63, 3.8) is 0 Å². The summed E-state index contributed by atoms with van der Waals surface area (Å²) in [6.07, 6.45) is 2.10. The summed E-state index contributed by atoms with van der Waals surface area (Å²) < 4.78 is 18.5. The molecular weight excluding hydrogens is 337 g/mol. The maximum atomic E-state index is 13.1. The Morgan fingerprint density at radius 2 is 1.92 bits per heavy atom. The van der Waals surface area contributed by atoms with Gasteiger partial charge >= 0.3 is 0 Å². The smallest absolute Gasteiger partial charge is 0.287 e. The molecule has 0 saturated carbocycles. The molecule has 1 aromatic heterocycles. The summed E-state index contributed by atoms with van der Waals surface area (Å²) in [5.74, 6) is 0.482. The molecule has 0 bridgehead atoms. The molecule has 0 atom stereocenters. The van der Waals surface area contributed by atoms with Gasteiger partial charge in [-0.05, 0) is 42.3 Å². The van der Waals surface area contributed by atoms with Crippen LogP contribution in [0, 0.1) is 5.82 Å². The van der Waals surface area contributed by atoms with E-state index < -0.39 is 0 Å². The van der Waals surface area contributed by atoms with Crippen molar-refractivity contribution in [2.45, 2.75) is 17.1 Å². The van der Waals surface area contributed by atoms with Gasteiger partial charge in [0.05, 0.1) is 6.26 Å². The molecule has 0 spiro atoms. The molecule has 0 aliphatic carbocycles. The van der Waals surface area contributed by atoms with Gasteiger partial charge in [0.25, 0.3) is 5.91 Å². The minimum absolute atomic E-state index is 0.245. The van der Waals surface area contributed by atoms with Gasteiger partial charge in [-0.15, -0.1) is 11.8 Å². The van der Waals surface area contributed by atoms with Gasteiger partial charge in [-0.1, -0.05) is 30.3 Å². The Labute approximate surface area is 150 Å². The van der Waals surface area contributed by atoms with Gasteiger partial charge in [0, 0.05) is 22.8 Å². The van der Waals surface area contributed by atoms with E-state index in [0.29, 0.717) is 24.5 Å². The highest BCUT2D eigenvalue weighted by Gasteiger charge is 2.15. The van der Waals surface area contributed by atoms with Crippen LogP contribution in [0.2, 0.25) is 0 Å². The zero-order valence-corrected chi connectivity index (χ0v) is 14.4. The molecule has 3 nitrogen and oxygen atoms in total. The standard InChI is InChI=1S/C20H18FNO2S/c21-17-6-4-5-15(13-17)9-11-22-20(23)19-16(10-12-24-19)14-25-18-7-2-1-3-8-18/h1-8,10,12-13H,9,11,14H2,(H,22,23). The highest BCUT2D eigenvalue weighted by molar-refractivity contribution is 7.98. The lowest BCUT2D eigenvalue weighted by Gasteiger charge is -2.06. The third-order valence-electron chi connectivity index (χ3n) is 3.68. The number of nitrogens with one attached hydrogen (secondary N) is 1. The molecule has 0 radical (unpaired) electrons. The summed E-state index contributed by atoms with van der Waals surface area (Å²) in [4.78, 5) is 13.4. The quantitative estimate of drug-likeness (QED) is 0.626. The summed E-state index contributed by atoms with van der Waals surface area (Å²) in [6, 6.07) is 18.2. The first kappa shape index (κ1) is 17.3. The minimum atomic E-state index is -0.268. The topological polar surface area (TPSA) is 42.2 Å². The maximum absolute atomic E-state index is 13.1. The number of halogens is 1. The molecule has 2 aromatic carbocycles. The second kappa shape index (κ2) is 8.53. The molecule has 25 heavy (non-hydrogen) atoms. The SMILES string of the molecule is O=C(NCCc1cccc(F)c1)c1occc1CSc1ccccc1. The molecule has 0 saturated heterocycles. The fourth-order valence-corrected chi connectivity index (χ4v) is 3.32. The fraction of sp³-hybridized carbons (Fsp3) is 0.150. The number of hydrogen-bond acceptors (Lipinski definition) is 3. The van der Waals surface area contributed by atoms with Gasteiger partial charge in [-0.25, -0.2) is 4.39 Å². The van der Waals surface area contributed by atoms with Crippen LogP contribution in [-0.2, 0) is 12.2 Å². The third kappa shape index (κ3) is 4.97. The first-order valence-corrected chi connectivity index (χ1v) is 8.98. The Morgan fingerprint density at radius 1 is 1.08 bits per heavy atom. The highest BCUT2D eigenvalue weighted by Crippen LogP contribution is 2.24. The number of thioether (sulfide) groups is 1. The number of hydrogen-bond donors (Lipinski definition) is 1. The van der Waals surface area contributed by atoms with Crippen molar-refractivity contribution in [1.82, 2.24) is 5.32 Å². The van der Waals surface area contributed by atoms with Crippen molar-refractivity contribution in [2.24, 2.45) is 0 Å². The lowest BCUT2D eigenvalue weighted by molar-refractivity contribution is 0.0925. The molecule has 0 unspecified atom stereocenters. The van der Waals surface area contributed by atoms with Crippen molar-refractivity contribution in [2.75, 3.05) is 6.54 Å². The summed E-state index contributed by atoms with van der Waals surface area (Å²) in [5, 5.41) is 2.83. The van der Waals surface area contributed by atoms with Crippen LogP contribution in [0.5, 0.6) is 0 Å². The van der Waals surface area contributed by atoms with Crippen LogP contribution < -0.4 is 5.32 Å². The number of benzene rings is 2. The largest absolute Gasteiger partial charge is 0.459 e. The van der Waals surface area contributed by atoms with Crippen molar-refractivity contribution in [3.8, 4) is 0 Å². The second-order valence-corrected chi connectivity index (χ2v) is 6.56. The van der Waals surface area contributed by atoms with E-state index in [2.05, 4.69) is 5.32 Å². The van der Waals surface area contributed by atoms with Gasteiger partial charge in [0.2, 0.25) is 0 Å². The normalized spacial score (nSPS) is 10.6. The fourth-order valence-electron chi connectivity index (χ4n) is 2.42. The Hall–Kier alpha value is -2.53. The molecule has 3 aromatic rings. The van der Waals surface area contributed by atoms with E-state index in [1.165, 1.54) is 18.4 Å². The Morgan fingerprint density at radius 3 is 2.72 bits per heavy atom. The van der Waals surface area contributed by atoms with Crippen LogP contribution in [0.4, 0.5) is 4.39 Å². The van der Waals surface area contributed by atoms with Crippen molar-refractivity contribution in [3.05, 3.63) is 89.6 Å². The Balaban J connectivity index is 1.53.